The molecule has 2 fully saturated rings. The van der Waals surface area contributed by atoms with E-state index in [0.717, 1.165) is 42.3 Å². The Morgan fingerprint density at radius 2 is 2.00 bits per heavy atom. The van der Waals surface area contributed by atoms with Gasteiger partial charge in [0.15, 0.2) is 0 Å². The van der Waals surface area contributed by atoms with E-state index in [1.807, 2.05) is 12.3 Å². The minimum absolute atomic E-state index is 0.191. The maximum Gasteiger partial charge on any atom is 0.223 e. The quantitative estimate of drug-likeness (QED) is 0.911. The number of carbonyl (C=O) groups excluding carboxylic acids is 1. The Labute approximate surface area is 130 Å². The maximum atomic E-state index is 12.1. The molecule has 2 saturated carbocycles. The molecule has 1 heterocycles. The second-order valence-electron chi connectivity index (χ2n) is 6.56. The number of nitrogens with one attached hydrogen (secondary N) is 2. The van der Waals surface area contributed by atoms with Crippen LogP contribution in [0.2, 0.25) is 0 Å². The molecule has 0 spiro atoms. The molecule has 2 aliphatic rings. The number of pyridine rings is 1. The number of carbonyl (C=O) groups is 1. The third-order valence-corrected chi connectivity index (χ3v) is 4.94. The van der Waals surface area contributed by atoms with Crippen molar-refractivity contribution >= 4 is 22.5 Å². The van der Waals surface area contributed by atoms with Crippen molar-refractivity contribution < 1.29 is 4.79 Å². The van der Waals surface area contributed by atoms with Crippen LogP contribution in [-0.4, -0.2) is 23.0 Å². The van der Waals surface area contributed by atoms with Crippen molar-refractivity contribution in [1.82, 2.24) is 10.3 Å². The average Bonchev–Trinajstić information content (AvgIpc) is 2.46. The van der Waals surface area contributed by atoms with E-state index in [1.165, 1.54) is 6.42 Å². The van der Waals surface area contributed by atoms with Crippen molar-refractivity contribution in [2.45, 2.75) is 44.2 Å². The first-order chi connectivity index (χ1) is 10.8. The topological polar surface area (TPSA) is 54.0 Å². The molecule has 1 amide bonds. The number of aromatic nitrogens is 1. The zero-order valence-electron chi connectivity index (χ0n) is 12.6. The number of fused-ring (bicyclic) bond motifs is 1. The zero-order chi connectivity index (χ0) is 14.9. The fraction of sp³-hybridized carbons (Fsp3) is 0.444. The van der Waals surface area contributed by atoms with Gasteiger partial charge in [-0.2, -0.15) is 0 Å². The van der Waals surface area contributed by atoms with Gasteiger partial charge < -0.3 is 10.6 Å². The zero-order valence-corrected chi connectivity index (χ0v) is 12.6. The Hall–Kier alpha value is -2.10. The second kappa shape index (κ2) is 5.59. The molecule has 0 unspecified atom stereocenters. The van der Waals surface area contributed by atoms with E-state index >= 15 is 0 Å². The molecular weight excluding hydrogens is 274 g/mol. The van der Waals surface area contributed by atoms with Crippen LogP contribution in [0, 0.1) is 5.92 Å². The molecule has 0 aliphatic heterocycles. The first-order valence-electron chi connectivity index (χ1n) is 8.19. The van der Waals surface area contributed by atoms with Gasteiger partial charge in [-0.3, -0.25) is 9.78 Å². The predicted molar refractivity (Wildman–Crippen MR) is 87.7 cm³/mol. The van der Waals surface area contributed by atoms with E-state index in [1.54, 1.807) is 0 Å². The fourth-order valence-corrected chi connectivity index (χ4v) is 3.21. The molecule has 2 aliphatic carbocycles. The van der Waals surface area contributed by atoms with Crippen LogP contribution in [0.25, 0.3) is 10.9 Å². The van der Waals surface area contributed by atoms with E-state index in [4.69, 9.17) is 0 Å². The molecule has 22 heavy (non-hydrogen) atoms. The lowest BCUT2D eigenvalue weighted by Crippen LogP contribution is -2.48. The van der Waals surface area contributed by atoms with Crippen molar-refractivity contribution in [2.75, 3.05) is 5.32 Å². The van der Waals surface area contributed by atoms with E-state index in [9.17, 15) is 4.79 Å². The summed E-state index contributed by atoms with van der Waals surface area (Å²) in [5.74, 6) is 0.444. The van der Waals surface area contributed by atoms with Crippen molar-refractivity contribution in [1.29, 1.82) is 0 Å². The summed E-state index contributed by atoms with van der Waals surface area (Å²) in [6.07, 6.45) is 7.25. The van der Waals surface area contributed by atoms with Crippen molar-refractivity contribution in [3.05, 3.63) is 36.5 Å². The summed E-state index contributed by atoms with van der Waals surface area (Å²) in [7, 11) is 0. The highest BCUT2D eigenvalue weighted by molar-refractivity contribution is 5.82. The van der Waals surface area contributed by atoms with Gasteiger partial charge in [0.05, 0.1) is 5.52 Å². The van der Waals surface area contributed by atoms with Crippen molar-refractivity contribution in [2.24, 2.45) is 5.92 Å². The van der Waals surface area contributed by atoms with Crippen LogP contribution in [0.4, 0.5) is 5.69 Å². The van der Waals surface area contributed by atoms with Crippen LogP contribution in [0.5, 0.6) is 0 Å². The highest BCUT2D eigenvalue weighted by Gasteiger charge is 2.35. The average molecular weight is 295 g/mol. The molecule has 1 aromatic carbocycles. The van der Waals surface area contributed by atoms with E-state index in [0.29, 0.717) is 12.1 Å². The first-order valence-corrected chi connectivity index (χ1v) is 8.19. The number of amides is 1. The van der Waals surface area contributed by atoms with Gasteiger partial charge in [0.25, 0.3) is 0 Å². The summed E-state index contributed by atoms with van der Waals surface area (Å²) in [5, 5.41) is 7.82. The van der Waals surface area contributed by atoms with Crippen LogP contribution in [-0.2, 0) is 4.79 Å². The molecule has 2 N–H and O–H groups in total. The van der Waals surface area contributed by atoms with Crippen molar-refractivity contribution in [3.63, 3.8) is 0 Å². The number of hydrogen-bond donors (Lipinski definition) is 2. The molecule has 114 valence electrons. The van der Waals surface area contributed by atoms with Gasteiger partial charge in [-0.25, -0.2) is 0 Å². The largest absolute Gasteiger partial charge is 0.382 e. The molecule has 0 atom stereocenters. The van der Waals surface area contributed by atoms with Gasteiger partial charge in [-0.15, -0.1) is 0 Å². The highest BCUT2D eigenvalue weighted by Crippen LogP contribution is 2.32. The number of rotatable bonds is 4. The minimum Gasteiger partial charge on any atom is -0.382 e. The fourth-order valence-electron chi connectivity index (χ4n) is 3.21. The van der Waals surface area contributed by atoms with Gasteiger partial charge in [0, 0.05) is 35.3 Å². The lowest BCUT2D eigenvalue weighted by Gasteiger charge is -2.37. The Morgan fingerprint density at radius 1 is 1.14 bits per heavy atom. The van der Waals surface area contributed by atoms with Crippen LogP contribution in [0.15, 0.2) is 36.5 Å². The van der Waals surface area contributed by atoms with Gasteiger partial charge in [0.1, 0.15) is 0 Å². The maximum absolute atomic E-state index is 12.1. The first kappa shape index (κ1) is 13.6. The van der Waals surface area contributed by atoms with Gasteiger partial charge in [-0.1, -0.05) is 12.1 Å². The van der Waals surface area contributed by atoms with E-state index in [2.05, 4.69) is 39.9 Å². The number of nitrogens with zero attached hydrogens (tertiary/aromatic N) is 1. The van der Waals surface area contributed by atoms with Gasteiger partial charge >= 0.3 is 0 Å². The summed E-state index contributed by atoms with van der Waals surface area (Å²) in [5.41, 5.74) is 2.10. The van der Waals surface area contributed by atoms with Crippen LogP contribution in [0.3, 0.4) is 0 Å². The van der Waals surface area contributed by atoms with Gasteiger partial charge in [-0.05, 0) is 50.3 Å². The second-order valence-corrected chi connectivity index (χ2v) is 6.56. The number of hydrogen-bond acceptors (Lipinski definition) is 3. The lowest BCUT2D eigenvalue weighted by atomic mass is 9.79. The highest BCUT2D eigenvalue weighted by atomic mass is 16.2. The molecule has 0 radical (unpaired) electrons. The molecule has 1 aromatic heterocycles. The smallest absolute Gasteiger partial charge is 0.223 e. The Morgan fingerprint density at radius 3 is 2.77 bits per heavy atom. The molecule has 0 saturated heterocycles. The third-order valence-electron chi connectivity index (χ3n) is 4.94. The molecule has 2 aromatic rings. The molecule has 4 nitrogen and oxygen atoms in total. The monoisotopic (exact) mass is 295 g/mol. The third kappa shape index (κ3) is 2.65. The molecule has 0 bridgehead atoms. The van der Waals surface area contributed by atoms with Crippen LogP contribution >= 0.6 is 0 Å². The standard InChI is InChI=1S/C18H21N3O/c22-18(21-14-4-1-5-14)13-9-16(10-13)20-15-7-6-12-3-2-8-19-17(12)11-15/h2-3,6-8,11,13-14,16,20H,1,4-5,9-10H2,(H,21,22). The van der Waals surface area contributed by atoms with Crippen LogP contribution < -0.4 is 10.6 Å². The summed E-state index contributed by atoms with van der Waals surface area (Å²) < 4.78 is 0. The SMILES string of the molecule is O=C(NC1CCC1)C1CC(Nc2ccc3cccnc3c2)C1. The summed E-state index contributed by atoms with van der Waals surface area (Å²) in [6, 6.07) is 11.1. The van der Waals surface area contributed by atoms with Gasteiger partial charge in [0.2, 0.25) is 5.91 Å². The normalized spacial score (nSPS) is 24.4. The molecule has 4 heteroatoms. The summed E-state index contributed by atoms with van der Waals surface area (Å²) in [4.78, 5) is 16.4. The Bertz CT molecular complexity index is 690. The number of benzene rings is 1. The minimum atomic E-state index is 0.191. The predicted octanol–water partition coefficient (Wildman–Crippen LogP) is 3.09. The van der Waals surface area contributed by atoms with Crippen LogP contribution in [0.1, 0.15) is 32.1 Å². The Balaban J connectivity index is 1.31. The molecular formula is C18H21N3O. The van der Waals surface area contributed by atoms with Crippen molar-refractivity contribution in [3.8, 4) is 0 Å². The summed E-state index contributed by atoms with van der Waals surface area (Å²) >= 11 is 0. The van der Waals surface area contributed by atoms with E-state index in [-0.39, 0.29) is 11.8 Å². The lowest BCUT2D eigenvalue weighted by molar-refractivity contribution is -0.128. The number of anilines is 1. The van der Waals surface area contributed by atoms with E-state index < -0.39 is 0 Å². The Kier molecular flexibility index (Phi) is 3.45. The molecule has 4 rings (SSSR count). The summed E-state index contributed by atoms with van der Waals surface area (Å²) in [6.45, 7) is 0.